The zero-order valence-electron chi connectivity index (χ0n) is 26.5. The van der Waals surface area contributed by atoms with Crippen LogP contribution in [0.15, 0.2) is 78.9 Å². The quantitative estimate of drug-likeness (QED) is 0.136. The van der Waals surface area contributed by atoms with E-state index in [0.29, 0.717) is 0 Å². The molecule has 41 heavy (non-hydrogen) atoms. The van der Waals surface area contributed by atoms with Gasteiger partial charge in [-0.1, -0.05) is 138 Å². The van der Waals surface area contributed by atoms with E-state index in [1.165, 1.54) is 113 Å². The van der Waals surface area contributed by atoms with Gasteiger partial charge in [-0.25, -0.2) is 0 Å². The maximum Gasteiger partial charge on any atom is 0.0343 e. The molecular formula is C38H59N3. The van der Waals surface area contributed by atoms with Gasteiger partial charge in [0.15, 0.2) is 0 Å². The number of nitrogens with one attached hydrogen (secondary N) is 2. The Bertz CT molecular complexity index is 997. The average molecular weight is 558 g/mol. The number of para-hydroxylation sites is 2. The van der Waals surface area contributed by atoms with Crippen LogP contribution >= 0.6 is 0 Å². The second kappa shape index (κ2) is 22.7. The summed E-state index contributed by atoms with van der Waals surface area (Å²) in [4.78, 5) is 0. The number of nitrogens with two attached hydrogens (primary N) is 1. The maximum atomic E-state index is 5.59. The summed E-state index contributed by atoms with van der Waals surface area (Å²) in [7, 11) is 0. The Morgan fingerprint density at radius 1 is 0.634 bits per heavy atom. The summed E-state index contributed by atoms with van der Waals surface area (Å²) in [6.07, 6.45) is 20.9. The maximum absolute atomic E-state index is 5.59. The van der Waals surface area contributed by atoms with E-state index >= 15 is 0 Å². The Balaban J connectivity index is 0.000000230. The van der Waals surface area contributed by atoms with Crippen LogP contribution in [0.1, 0.15) is 114 Å². The summed E-state index contributed by atoms with van der Waals surface area (Å²) in [6, 6.07) is 27.8. The molecule has 226 valence electrons. The third kappa shape index (κ3) is 17.5. The Hall–Kier alpha value is -2.94. The summed E-state index contributed by atoms with van der Waals surface area (Å²) in [5.74, 6) is 0. The first-order valence-corrected chi connectivity index (χ1v) is 16.5. The van der Waals surface area contributed by atoms with Gasteiger partial charge < -0.3 is 16.4 Å². The number of anilines is 3. The Kier molecular flexibility index (Phi) is 19.0. The normalized spacial score (nSPS) is 12.9. The molecule has 0 atom stereocenters. The van der Waals surface area contributed by atoms with Gasteiger partial charge in [0.05, 0.1) is 0 Å². The first kappa shape index (κ1) is 34.3. The molecule has 0 spiro atoms. The standard InChI is InChI=1S/C18H31N.C12H17N.C8H11N/c1-2-3-4-5-6-7-8-9-10-14-17-19-18-15-12-11-13-16-18;1-3-7-11(8-4-1)13-12-9-5-2-6-10-12;1-6-3-4-8(9)7(2)5-6/h11-13,15-16,19H,2-10,14,17H2,1H3;1,3-4,7-8,12-13H,2,5-6,9-10H2;3-5H,9H2,1-2H3. The average Bonchev–Trinajstić information content (AvgIpc) is 3.00. The van der Waals surface area contributed by atoms with Crippen molar-refractivity contribution >= 4 is 17.1 Å². The van der Waals surface area contributed by atoms with Crippen LogP contribution in [0.2, 0.25) is 0 Å². The van der Waals surface area contributed by atoms with Gasteiger partial charge in [0, 0.05) is 29.6 Å². The number of rotatable bonds is 14. The van der Waals surface area contributed by atoms with Crippen LogP contribution in [0.3, 0.4) is 0 Å². The van der Waals surface area contributed by atoms with Gasteiger partial charge in [-0.15, -0.1) is 0 Å². The summed E-state index contributed by atoms with van der Waals surface area (Å²) in [6.45, 7) is 7.47. The largest absolute Gasteiger partial charge is 0.399 e. The lowest BCUT2D eigenvalue weighted by Gasteiger charge is -2.23. The number of unbranched alkanes of at least 4 members (excludes halogenated alkanes) is 9. The highest BCUT2D eigenvalue weighted by Crippen LogP contribution is 2.21. The zero-order valence-corrected chi connectivity index (χ0v) is 26.5. The third-order valence-electron chi connectivity index (χ3n) is 7.81. The van der Waals surface area contributed by atoms with Crippen LogP contribution in [-0.2, 0) is 0 Å². The van der Waals surface area contributed by atoms with Crippen LogP contribution in [0, 0.1) is 13.8 Å². The fraction of sp³-hybridized carbons (Fsp3) is 0.526. The molecule has 0 aromatic heterocycles. The van der Waals surface area contributed by atoms with Gasteiger partial charge in [-0.2, -0.15) is 0 Å². The monoisotopic (exact) mass is 557 g/mol. The van der Waals surface area contributed by atoms with Gasteiger partial charge in [-0.3, -0.25) is 0 Å². The lowest BCUT2D eigenvalue weighted by Crippen LogP contribution is -2.21. The SMILES string of the molecule is CCCCCCCCCCCCNc1ccccc1.Cc1ccc(N)c(C)c1.c1ccc(NC2CCCCC2)cc1. The summed E-state index contributed by atoms with van der Waals surface area (Å²) < 4.78 is 0. The molecule has 0 unspecified atom stereocenters. The van der Waals surface area contributed by atoms with Crippen molar-refractivity contribution in [3.8, 4) is 0 Å². The molecule has 0 heterocycles. The molecule has 0 saturated heterocycles. The molecule has 0 aliphatic heterocycles. The van der Waals surface area contributed by atoms with E-state index in [1.807, 2.05) is 19.1 Å². The molecule has 0 amide bonds. The van der Waals surface area contributed by atoms with E-state index in [-0.39, 0.29) is 0 Å². The summed E-state index contributed by atoms with van der Waals surface area (Å²) >= 11 is 0. The topological polar surface area (TPSA) is 50.1 Å². The van der Waals surface area contributed by atoms with Crippen molar-refractivity contribution in [2.45, 2.75) is 123 Å². The zero-order chi connectivity index (χ0) is 29.4. The Morgan fingerprint density at radius 2 is 1.17 bits per heavy atom. The van der Waals surface area contributed by atoms with Crippen LogP contribution in [0.25, 0.3) is 0 Å². The minimum Gasteiger partial charge on any atom is -0.399 e. The van der Waals surface area contributed by atoms with E-state index in [0.717, 1.165) is 23.8 Å². The first-order chi connectivity index (χ1) is 20.1. The number of nitrogen functional groups attached to an aromatic ring is 1. The van der Waals surface area contributed by atoms with Crippen LogP contribution < -0.4 is 16.4 Å². The van der Waals surface area contributed by atoms with Crippen LogP contribution in [0.4, 0.5) is 17.1 Å². The number of hydrogen-bond acceptors (Lipinski definition) is 3. The predicted octanol–water partition coefficient (Wildman–Crippen LogP) is 11.3. The fourth-order valence-electron chi connectivity index (χ4n) is 5.24. The molecule has 1 saturated carbocycles. The molecule has 0 radical (unpaired) electrons. The smallest absolute Gasteiger partial charge is 0.0343 e. The van der Waals surface area contributed by atoms with Crippen molar-refractivity contribution in [2.24, 2.45) is 0 Å². The van der Waals surface area contributed by atoms with Crippen molar-refractivity contribution < 1.29 is 0 Å². The minimum absolute atomic E-state index is 0.719. The van der Waals surface area contributed by atoms with Crippen molar-refractivity contribution in [1.82, 2.24) is 0 Å². The molecule has 3 aromatic rings. The van der Waals surface area contributed by atoms with Crippen molar-refractivity contribution in [2.75, 3.05) is 22.9 Å². The number of hydrogen-bond donors (Lipinski definition) is 3. The van der Waals surface area contributed by atoms with Crippen molar-refractivity contribution in [3.63, 3.8) is 0 Å². The molecule has 1 aliphatic carbocycles. The van der Waals surface area contributed by atoms with Gasteiger partial charge in [0.1, 0.15) is 0 Å². The lowest BCUT2D eigenvalue weighted by atomic mass is 9.95. The van der Waals surface area contributed by atoms with E-state index in [1.54, 1.807) is 0 Å². The highest BCUT2D eigenvalue weighted by Gasteiger charge is 2.12. The Morgan fingerprint density at radius 3 is 1.71 bits per heavy atom. The molecule has 1 aliphatic rings. The second-order valence-corrected chi connectivity index (χ2v) is 11.7. The van der Waals surface area contributed by atoms with E-state index in [4.69, 9.17) is 5.73 Å². The van der Waals surface area contributed by atoms with Crippen LogP contribution in [-0.4, -0.2) is 12.6 Å². The van der Waals surface area contributed by atoms with Gasteiger partial charge in [0.2, 0.25) is 0 Å². The van der Waals surface area contributed by atoms with Gasteiger partial charge in [-0.05, 0) is 69.0 Å². The molecule has 4 rings (SSSR count). The van der Waals surface area contributed by atoms with Crippen LogP contribution in [0.5, 0.6) is 0 Å². The predicted molar refractivity (Wildman–Crippen MR) is 184 cm³/mol. The molecule has 3 nitrogen and oxygen atoms in total. The minimum atomic E-state index is 0.719. The van der Waals surface area contributed by atoms with Gasteiger partial charge in [0.25, 0.3) is 0 Å². The van der Waals surface area contributed by atoms with Crippen molar-refractivity contribution in [1.29, 1.82) is 0 Å². The molecule has 3 heteroatoms. The van der Waals surface area contributed by atoms with Crippen molar-refractivity contribution in [3.05, 3.63) is 90.0 Å². The summed E-state index contributed by atoms with van der Waals surface area (Å²) in [5, 5.41) is 7.05. The first-order valence-electron chi connectivity index (χ1n) is 16.5. The lowest BCUT2D eigenvalue weighted by molar-refractivity contribution is 0.463. The summed E-state index contributed by atoms with van der Waals surface area (Å²) in [5.41, 5.74) is 11.4. The van der Waals surface area contributed by atoms with E-state index in [2.05, 4.69) is 91.2 Å². The number of benzene rings is 3. The molecule has 4 N–H and O–H groups in total. The van der Waals surface area contributed by atoms with E-state index < -0.39 is 0 Å². The molecule has 3 aromatic carbocycles. The fourth-order valence-corrected chi connectivity index (χ4v) is 5.24. The van der Waals surface area contributed by atoms with Gasteiger partial charge >= 0.3 is 0 Å². The second-order valence-electron chi connectivity index (χ2n) is 11.7. The third-order valence-corrected chi connectivity index (χ3v) is 7.81. The molecular weight excluding hydrogens is 498 g/mol. The van der Waals surface area contributed by atoms with E-state index in [9.17, 15) is 0 Å². The number of aryl methyl sites for hydroxylation is 2. The molecule has 0 bridgehead atoms. The molecule has 1 fully saturated rings. The highest BCUT2D eigenvalue weighted by molar-refractivity contribution is 5.47. The Labute approximate surface area is 252 Å². The highest BCUT2D eigenvalue weighted by atomic mass is 14.9.